The van der Waals surface area contributed by atoms with Crippen LogP contribution >= 0.6 is 12.0 Å². The van der Waals surface area contributed by atoms with Gasteiger partial charge in [-0.25, -0.2) is 0 Å². The number of rotatable bonds is 11. The molecule has 58 heavy (non-hydrogen) atoms. The third-order valence-corrected chi connectivity index (χ3v) is 11.5. The average molecular weight is 767 g/mol. The van der Waals surface area contributed by atoms with Crippen LogP contribution in [0, 0.1) is 0 Å². The van der Waals surface area contributed by atoms with Gasteiger partial charge in [-0.3, -0.25) is 4.98 Å². The van der Waals surface area contributed by atoms with E-state index in [1.807, 2.05) is 49.0 Å². The molecule has 0 fully saturated rings. The molecule has 0 radical (unpaired) electrons. The first kappa shape index (κ1) is 36.7. The summed E-state index contributed by atoms with van der Waals surface area (Å²) in [5.41, 5.74) is 16.0. The Bertz CT molecular complexity index is 2660. The van der Waals surface area contributed by atoms with Crippen LogP contribution in [0.1, 0.15) is 28.7 Å². The molecular formula is C54H42N2OS. The van der Waals surface area contributed by atoms with Crippen molar-refractivity contribution in [1.29, 1.82) is 0 Å². The van der Waals surface area contributed by atoms with Crippen LogP contribution in [0.4, 0.5) is 11.4 Å². The van der Waals surface area contributed by atoms with E-state index in [4.69, 9.17) is 4.18 Å². The van der Waals surface area contributed by atoms with E-state index in [0.29, 0.717) is 0 Å². The predicted molar refractivity (Wildman–Crippen MR) is 244 cm³/mol. The lowest BCUT2D eigenvalue weighted by molar-refractivity contribution is 0.650. The Hall–Kier alpha value is -6.88. The van der Waals surface area contributed by atoms with Gasteiger partial charge < -0.3 is 9.08 Å². The Balaban J connectivity index is 1.21. The standard InChI is InChI=1S/C54H42N2OS/c1-3-4-23-53(41-14-6-5-7-15-41)56(47-32-34-48(35-33-47)57-58-2)46-30-28-44(29-31-46)54(51-21-10-8-19-49(51)50-20-9-11-22-52(50)54)45-18-12-16-42(37-45)39-24-26-40(27-25-39)43-17-13-36-55-38-43/h3-14,16-38H,1,15H2,2H3/b23-4-,53-41+. The fourth-order valence-electron chi connectivity index (χ4n) is 8.57. The Morgan fingerprint density at radius 3 is 1.95 bits per heavy atom. The van der Waals surface area contributed by atoms with Gasteiger partial charge in [-0.05, 0) is 122 Å². The smallest absolute Gasteiger partial charge is 0.137 e. The predicted octanol–water partition coefficient (Wildman–Crippen LogP) is 14.1. The maximum Gasteiger partial charge on any atom is 0.137 e. The van der Waals surface area contributed by atoms with E-state index in [1.54, 1.807) is 0 Å². The first-order valence-electron chi connectivity index (χ1n) is 19.6. The third kappa shape index (κ3) is 6.72. The summed E-state index contributed by atoms with van der Waals surface area (Å²) in [4.78, 5) is 6.67. The number of pyridine rings is 1. The van der Waals surface area contributed by atoms with Crippen LogP contribution < -0.4 is 9.08 Å². The Morgan fingerprint density at radius 1 is 0.672 bits per heavy atom. The number of hydrogen-bond donors (Lipinski definition) is 0. The zero-order valence-electron chi connectivity index (χ0n) is 32.3. The van der Waals surface area contributed by atoms with Gasteiger partial charge in [0, 0.05) is 35.7 Å². The molecule has 3 nitrogen and oxygen atoms in total. The van der Waals surface area contributed by atoms with Gasteiger partial charge in [0.25, 0.3) is 0 Å². The van der Waals surface area contributed by atoms with Crippen molar-refractivity contribution in [1.82, 2.24) is 4.98 Å². The number of nitrogens with zero attached hydrogens (tertiary/aromatic N) is 2. The van der Waals surface area contributed by atoms with Gasteiger partial charge in [0.15, 0.2) is 0 Å². The van der Waals surface area contributed by atoms with Crippen LogP contribution in [0.25, 0.3) is 33.4 Å². The van der Waals surface area contributed by atoms with Gasteiger partial charge in [0.2, 0.25) is 0 Å². The maximum atomic E-state index is 5.77. The number of anilines is 2. The van der Waals surface area contributed by atoms with Crippen LogP contribution in [0.3, 0.4) is 0 Å². The molecule has 4 heteroatoms. The molecule has 7 aromatic rings. The number of allylic oxidation sites excluding steroid dienone is 8. The molecular weight excluding hydrogens is 725 g/mol. The second-order valence-corrected chi connectivity index (χ2v) is 14.9. The largest absolute Gasteiger partial charge is 0.426 e. The van der Waals surface area contributed by atoms with E-state index in [1.165, 1.54) is 62.1 Å². The molecule has 0 aliphatic heterocycles. The molecule has 0 saturated carbocycles. The molecule has 2 aliphatic rings. The molecule has 6 aromatic carbocycles. The van der Waals surface area contributed by atoms with Crippen LogP contribution in [0.15, 0.2) is 231 Å². The Morgan fingerprint density at radius 2 is 1.33 bits per heavy atom. The maximum absolute atomic E-state index is 5.77. The molecule has 0 atom stereocenters. The molecule has 1 heterocycles. The normalized spacial score (nSPS) is 14.5. The lowest BCUT2D eigenvalue weighted by Gasteiger charge is -2.35. The third-order valence-electron chi connectivity index (χ3n) is 11.1. The first-order chi connectivity index (χ1) is 28.7. The van der Waals surface area contributed by atoms with Crippen molar-refractivity contribution in [3.05, 3.63) is 253 Å². The zero-order valence-corrected chi connectivity index (χ0v) is 33.1. The zero-order chi connectivity index (χ0) is 39.3. The topological polar surface area (TPSA) is 25.4 Å². The second-order valence-electron chi connectivity index (χ2n) is 14.4. The molecule has 0 N–H and O–H groups in total. The molecule has 9 rings (SSSR count). The molecule has 0 spiro atoms. The van der Waals surface area contributed by atoms with Crippen LogP contribution in [-0.4, -0.2) is 11.2 Å². The number of benzene rings is 6. The second kappa shape index (κ2) is 16.3. The minimum atomic E-state index is -0.556. The van der Waals surface area contributed by atoms with E-state index in [-0.39, 0.29) is 0 Å². The molecule has 2 aliphatic carbocycles. The summed E-state index contributed by atoms with van der Waals surface area (Å²) < 4.78 is 5.77. The fraction of sp³-hybridized carbons (Fsp3) is 0.0556. The summed E-state index contributed by atoms with van der Waals surface area (Å²) in [5.74, 6) is 0.815. The van der Waals surface area contributed by atoms with Crippen molar-refractivity contribution in [2.45, 2.75) is 11.8 Å². The van der Waals surface area contributed by atoms with E-state index in [9.17, 15) is 0 Å². The minimum Gasteiger partial charge on any atom is -0.426 e. The Labute approximate surface area is 345 Å². The molecule has 0 saturated heterocycles. The van der Waals surface area contributed by atoms with Crippen molar-refractivity contribution in [3.8, 4) is 39.1 Å². The van der Waals surface area contributed by atoms with Crippen LogP contribution in [-0.2, 0) is 5.41 Å². The van der Waals surface area contributed by atoms with Gasteiger partial charge >= 0.3 is 0 Å². The van der Waals surface area contributed by atoms with Gasteiger partial charge in [-0.2, -0.15) is 0 Å². The number of hydrogen-bond acceptors (Lipinski definition) is 4. The minimum absolute atomic E-state index is 0.556. The van der Waals surface area contributed by atoms with Gasteiger partial charge in [0.1, 0.15) is 5.75 Å². The average Bonchev–Trinajstić information content (AvgIpc) is 3.60. The summed E-state index contributed by atoms with van der Waals surface area (Å²) in [6.45, 7) is 4.00. The van der Waals surface area contributed by atoms with Gasteiger partial charge in [-0.1, -0.05) is 152 Å². The van der Waals surface area contributed by atoms with E-state index in [0.717, 1.165) is 40.4 Å². The van der Waals surface area contributed by atoms with E-state index in [2.05, 4.69) is 186 Å². The molecule has 280 valence electrons. The monoisotopic (exact) mass is 766 g/mol. The van der Waals surface area contributed by atoms with Crippen molar-refractivity contribution < 1.29 is 4.18 Å². The van der Waals surface area contributed by atoms with Crippen LogP contribution in [0.5, 0.6) is 5.75 Å². The molecule has 0 bridgehead atoms. The van der Waals surface area contributed by atoms with Gasteiger partial charge in [0.05, 0.1) is 17.5 Å². The number of fused-ring (bicyclic) bond motifs is 3. The molecule has 0 unspecified atom stereocenters. The summed E-state index contributed by atoms with van der Waals surface area (Å²) in [6.07, 6.45) is 21.1. The molecule has 1 aromatic heterocycles. The van der Waals surface area contributed by atoms with Crippen molar-refractivity contribution in [2.24, 2.45) is 0 Å². The van der Waals surface area contributed by atoms with Crippen LogP contribution in [0.2, 0.25) is 0 Å². The molecule has 0 amide bonds. The number of aromatic nitrogens is 1. The summed E-state index contributed by atoms with van der Waals surface area (Å²) in [7, 11) is 0. The highest BCUT2D eigenvalue weighted by Gasteiger charge is 2.46. The lowest BCUT2D eigenvalue weighted by Crippen LogP contribution is -2.28. The van der Waals surface area contributed by atoms with E-state index >= 15 is 0 Å². The fourth-order valence-corrected chi connectivity index (χ4v) is 8.87. The van der Waals surface area contributed by atoms with Crippen molar-refractivity contribution in [3.63, 3.8) is 0 Å². The highest BCUT2D eigenvalue weighted by atomic mass is 32.2. The summed E-state index contributed by atoms with van der Waals surface area (Å²) in [5, 5.41) is 0. The van der Waals surface area contributed by atoms with Gasteiger partial charge in [-0.15, -0.1) is 0 Å². The highest BCUT2D eigenvalue weighted by molar-refractivity contribution is 7.94. The van der Waals surface area contributed by atoms with E-state index < -0.39 is 5.41 Å². The summed E-state index contributed by atoms with van der Waals surface area (Å²) in [6, 6.07) is 57.4. The first-order valence-corrected chi connectivity index (χ1v) is 20.7. The SMILES string of the molecule is C=C/C=C\C(=C1\C=CC=CC1)N(c1ccc(OSC)cc1)c1ccc(C2(c3cccc(-c4ccc(-c5cccnc5)cc4)c3)c3ccccc3-c3ccccc32)cc1. The lowest BCUT2D eigenvalue weighted by atomic mass is 9.67. The van der Waals surface area contributed by atoms with Crippen molar-refractivity contribution in [2.75, 3.05) is 11.2 Å². The summed E-state index contributed by atoms with van der Waals surface area (Å²) >= 11 is 1.34. The Kier molecular flexibility index (Phi) is 10.3. The quantitative estimate of drug-likeness (QED) is 0.0967. The van der Waals surface area contributed by atoms with Crippen molar-refractivity contribution >= 4 is 23.4 Å². The highest BCUT2D eigenvalue weighted by Crippen LogP contribution is 2.56.